The van der Waals surface area contributed by atoms with Crippen molar-refractivity contribution in [2.45, 2.75) is 34.5 Å². The summed E-state index contributed by atoms with van der Waals surface area (Å²) in [6.45, 7) is 1.67. The summed E-state index contributed by atoms with van der Waals surface area (Å²) < 4.78 is 10.9. The molecule has 2 aromatic carbocycles. The maximum absolute atomic E-state index is 13.6. The number of carbonyl (C=O) groups is 2. The Morgan fingerprint density at radius 2 is 1.53 bits per heavy atom. The van der Waals surface area contributed by atoms with Crippen LogP contribution in [0.15, 0.2) is 42.5 Å². The van der Waals surface area contributed by atoms with Crippen LogP contribution in [0.2, 0.25) is 5.02 Å². The summed E-state index contributed by atoms with van der Waals surface area (Å²) in [6, 6.07) is 13.5. The predicted molar refractivity (Wildman–Crippen MR) is 139 cm³/mol. The number of fused-ring (bicyclic) bond motifs is 5. The van der Waals surface area contributed by atoms with E-state index in [1.807, 2.05) is 36.4 Å². The van der Waals surface area contributed by atoms with Gasteiger partial charge in [-0.2, -0.15) is 0 Å². The average Bonchev–Trinajstić information content (AvgIpc) is 3.23. The van der Waals surface area contributed by atoms with Gasteiger partial charge in [0.25, 0.3) is 11.8 Å². The Kier molecular flexibility index (Phi) is 5.88. The number of carbonyl (C=O) groups excluding carboxylic acids is 2. The van der Waals surface area contributed by atoms with E-state index < -0.39 is 33.5 Å². The molecule has 2 N–H and O–H groups in total. The molecule has 2 bridgehead atoms. The third kappa shape index (κ3) is 2.83. The molecule has 2 amide bonds. The zero-order chi connectivity index (χ0) is 26.2. The van der Waals surface area contributed by atoms with Crippen LogP contribution in [-0.4, -0.2) is 82.2 Å². The number of ether oxygens (including phenoxy) is 2. The second-order valence-electron chi connectivity index (χ2n) is 9.07. The molecule has 2 unspecified atom stereocenters. The lowest BCUT2D eigenvalue weighted by Gasteiger charge is -2.58. The smallest absolute Gasteiger partial charge is 0.264 e. The first-order valence-corrected chi connectivity index (χ1v) is 13.6. The number of hydrogen-bond acceptors (Lipinski definition) is 9. The summed E-state index contributed by atoms with van der Waals surface area (Å²) in [7, 11) is 8.43. The molecule has 0 aromatic heterocycles. The monoisotopic (exact) mass is 551 g/mol. The Balaban J connectivity index is 0.000000391. The Hall–Kier alpha value is -2.31. The van der Waals surface area contributed by atoms with Gasteiger partial charge in [-0.3, -0.25) is 14.5 Å². The molecule has 5 aliphatic rings. The Labute approximate surface area is 221 Å². The molecule has 36 heavy (non-hydrogen) atoms. The molecule has 2 aromatic rings. The fourth-order valence-corrected chi connectivity index (χ4v) is 9.30. The van der Waals surface area contributed by atoms with E-state index >= 15 is 0 Å². The standard InChI is InChI=1S/C18H20ClN3O6S2.C6H6/c1-16-14(24)22-13-17(26,12(23)18(22,30-29-16)15(25)21(16)3)7-6-8(19)10(27-4)11(28-5)9(7)20(13)2;1-2-4-6-5-3-1/h6,12-13,23,26H,1-5H3;1-6H/t12?,13-,16-,17-,18?;/m1./s1. The molecule has 4 saturated heterocycles. The van der Waals surface area contributed by atoms with Gasteiger partial charge in [0.15, 0.2) is 22.0 Å². The third-order valence-electron chi connectivity index (χ3n) is 7.37. The van der Waals surface area contributed by atoms with Crippen molar-refractivity contribution in [1.29, 1.82) is 0 Å². The van der Waals surface area contributed by atoms with Gasteiger partial charge >= 0.3 is 0 Å². The van der Waals surface area contributed by atoms with E-state index in [1.165, 1.54) is 40.9 Å². The van der Waals surface area contributed by atoms with Crippen molar-refractivity contribution in [1.82, 2.24) is 9.80 Å². The Morgan fingerprint density at radius 1 is 0.972 bits per heavy atom. The van der Waals surface area contributed by atoms with Crippen molar-refractivity contribution in [3.63, 3.8) is 0 Å². The zero-order valence-electron chi connectivity index (χ0n) is 20.3. The van der Waals surface area contributed by atoms with Gasteiger partial charge in [-0.25, -0.2) is 0 Å². The van der Waals surface area contributed by atoms with Gasteiger partial charge < -0.3 is 29.5 Å². The highest BCUT2D eigenvalue weighted by atomic mass is 35.5. The molecule has 5 aliphatic heterocycles. The normalized spacial score (nSPS) is 33.6. The molecule has 9 nitrogen and oxygen atoms in total. The number of piperazine rings is 1. The van der Waals surface area contributed by atoms with Crippen LogP contribution in [0.4, 0.5) is 5.69 Å². The Bertz CT molecular complexity index is 1230. The molecule has 0 saturated carbocycles. The van der Waals surface area contributed by atoms with Gasteiger partial charge in [-0.1, -0.05) is 58.8 Å². The highest BCUT2D eigenvalue weighted by Gasteiger charge is 2.82. The number of aliphatic hydroxyl groups excluding tert-OH is 1. The quantitative estimate of drug-likeness (QED) is 0.545. The minimum atomic E-state index is -1.97. The summed E-state index contributed by atoms with van der Waals surface area (Å²) in [4.78, 5) is 28.5. The molecule has 0 radical (unpaired) electrons. The van der Waals surface area contributed by atoms with Crippen LogP contribution in [0.3, 0.4) is 0 Å². The van der Waals surface area contributed by atoms with Gasteiger partial charge in [0.1, 0.15) is 12.3 Å². The molecular weight excluding hydrogens is 526 g/mol. The number of benzene rings is 2. The van der Waals surface area contributed by atoms with Crippen LogP contribution in [0, 0.1) is 0 Å². The molecule has 0 aliphatic carbocycles. The fourth-order valence-electron chi connectivity index (χ4n) is 5.49. The van der Waals surface area contributed by atoms with E-state index in [2.05, 4.69) is 0 Å². The van der Waals surface area contributed by atoms with E-state index in [4.69, 9.17) is 21.1 Å². The third-order valence-corrected chi connectivity index (χ3v) is 11.3. The summed E-state index contributed by atoms with van der Waals surface area (Å²) in [5, 5.41) is 23.6. The SMILES string of the molecule is COc1c(Cl)cc2c(c1OC)N(C)[C@@H]1N3C(=O)[C@@]4(C)SSC3(C(=O)N4C)C(O)[C@]21O.c1ccccc1. The first-order valence-electron chi connectivity index (χ1n) is 11.1. The second kappa shape index (κ2) is 8.35. The molecular formula is C24H26ClN3O6S2. The number of methoxy groups -OCH3 is 2. The summed E-state index contributed by atoms with van der Waals surface area (Å²) in [6.07, 6.45) is -2.63. The van der Waals surface area contributed by atoms with Gasteiger partial charge in [0.2, 0.25) is 4.87 Å². The van der Waals surface area contributed by atoms with Crippen LogP contribution >= 0.6 is 33.2 Å². The number of halogens is 1. The van der Waals surface area contributed by atoms with E-state index in [1.54, 1.807) is 25.9 Å². The summed E-state index contributed by atoms with van der Waals surface area (Å²) in [5.74, 6) is -0.232. The number of likely N-dealkylation sites (N-methyl/N-ethyl adjacent to an activating group) is 2. The molecule has 7 rings (SSSR count). The van der Waals surface area contributed by atoms with Crippen LogP contribution in [0.5, 0.6) is 11.5 Å². The molecule has 192 valence electrons. The lowest BCUT2D eigenvalue weighted by atomic mass is 9.87. The number of anilines is 1. The lowest BCUT2D eigenvalue weighted by Crippen LogP contribution is -2.77. The lowest BCUT2D eigenvalue weighted by molar-refractivity contribution is -0.166. The molecule has 1 spiro atoms. The van der Waals surface area contributed by atoms with Gasteiger partial charge in [-0.05, 0) is 23.8 Å². The van der Waals surface area contributed by atoms with Crippen molar-refractivity contribution >= 4 is 50.7 Å². The first kappa shape index (κ1) is 25.3. The number of amides is 2. The largest absolute Gasteiger partial charge is 0.491 e. The maximum atomic E-state index is 13.6. The maximum Gasteiger partial charge on any atom is 0.264 e. The molecule has 5 heterocycles. The minimum Gasteiger partial charge on any atom is -0.491 e. The van der Waals surface area contributed by atoms with Crippen molar-refractivity contribution in [2.75, 3.05) is 33.2 Å². The van der Waals surface area contributed by atoms with Gasteiger partial charge in [0, 0.05) is 19.7 Å². The second-order valence-corrected chi connectivity index (χ2v) is 12.2. The van der Waals surface area contributed by atoms with Crippen LogP contribution in [-0.2, 0) is 15.2 Å². The Morgan fingerprint density at radius 3 is 2.06 bits per heavy atom. The van der Waals surface area contributed by atoms with E-state index in [9.17, 15) is 19.8 Å². The first-order chi connectivity index (χ1) is 17.0. The van der Waals surface area contributed by atoms with Gasteiger partial charge in [-0.15, -0.1) is 0 Å². The average molecular weight is 552 g/mol. The van der Waals surface area contributed by atoms with Gasteiger partial charge in [0.05, 0.1) is 24.9 Å². The molecule has 5 atom stereocenters. The van der Waals surface area contributed by atoms with E-state index in [0.717, 1.165) is 10.8 Å². The van der Waals surface area contributed by atoms with Crippen molar-refractivity contribution in [2.24, 2.45) is 0 Å². The zero-order valence-corrected chi connectivity index (χ0v) is 22.6. The van der Waals surface area contributed by atoms with Crippen molar-refractivity contribution < 1.29 is 29.3 Å². The topological polar surface area (TPSA) is 103 Å². The number of nitrogens with zero attached hydrogens (tertiary/aromatic N) is 3. The number of rotatable bonds is 2. The highest BCUT2D eigenvalue weighted by Crippen LogP contribution is 2.69. The van der Waals surface area contributed by atoms with E-state index in [-0.39, 0.29) is 28.0 Å². The summed E-state index contributed by atoms with van der Waals surface area (Å²) >= 11 is 6.39. The number of hydrogen-bond donors (Lipinski definition) is 2. The fraction of sp³-hybridized carbons (Fsp3) is 0.417. The molecule has 4 fully saturated rings. The van der Waals surface area contributed by atoms with Crippen molar-refractivity contribution in [3.05, 3.63) is 53.1 Å². The van der Waals surface area contributed by atoms with Crippen LogP contribution in [0.1, 0.15) is 12.5 Å². The number of aliphatic hydroxyl groups is 2. The van der Waals surface area contributed by atoms with E-state index in [0.29, 0.717) is 5.69 Å². The molecule has 12 heteroatoms. The van der Waals surface area contributed by atoms with Crippen molar-refractivity contribution in [3.8, 4) is 11.5 Å². The minimum absolute atomic E-state index is 0.179. The van der Waals surface area contributed by atoms with Crippen LogP contribution in [0.25, 0.3) is 0 Å². The predicted octanol–water partition coefficient (Wildman–Crippen LogP) is 2.49. The summed E-state index contributed by atoms with van der Waals surface area (Å²) in [5.41, 5.74) is -1.25. The highest BCUT2D eigenvalue weighted by molar-refractivity contribution is 8.78. The van der Waals surface area contributed by atoms with Crippen LogP contribution < -0.4 is 14.4 Å².